The molecule has 150 valence electrons. The van der Waals surface area contributed by atoms with E-state index in [-0.39, 0.29) is 17.6 Å². The standard InChI is InChI=1S/C21H27FN4O2/c1-21(2,28)19(27)26-11-7-8-14(13-26)18-16(12-23-20(24-18)25(3)4)15-9-5-6-10-17(15)22/h5-6,9-10,12,14,28H,7-8,11,13H2,1-4H3. The van der Waals surface area contributed by atoms with Crippen LogP contribution in [0.15, 0.2) is 30.5 Å². The van der Waals surface area contributed by atoms with Gasteiger partial charge in [0.05, 0.1) is 5.69 Å². The summed E-state index contributed by atoms with van der Waals surface area (Å²) in [7, 11) is 3.71. The number of piperidine rings is 1. The summed E-state index contributed by atoms with van der Waals surface area (Å²) in [5.74, 6) is -0.144. The second-order valence-corrected chi connectivity index (χ2v) is 7.99. The molecule has 1 unspecified atom stereocenters. The molecule has 1 atom stereocenters. The number of likely N-dealkylation sites (tertiary alicyclic amines) is 1. The average molecular weight is 386 g/mol. The van der Waals surface area contributed by atoms with Crippen LogP contribution in [0.3, 0.4) is 0 Å². The van der Waals surface area contributed by atoms with Crippen LogP contribution in [0.5, 0.6) is 0 Å². The molecule has 7 heteroatoms. The number of amides is 1. The van der Waals surface area contributed by atoms with Crippen LogP contribution in [0.1, 0.15) is 38.3 Å². The first-order valence-corrected chi connectivity index (χ1v) is 9.49. The average Bonchev–Trinajstić information content (AvgIpc) is 2.66. The van der Waals surface area contributed by atoms with Crippen molar-refractivity contribution in [3.8, 4) is 11.1 Å². The van der Waals surface area contributed by atoms with Crippen molar-refractivity contribution in [1.29, 1.82) is 0 Å². The number of hydrogen-bond acceptors (Lipinski definition) is 5. The lowest BCUT2D eigenvalue weighted by molar-refractivity contribution is -0.149. The summed E-state index contributed by atoms with van der Waals surface area (Å²) in [6.45, 7) is 4.03. The van der Waals surface area contributed by atoms with Gasteiger partial charge in [0.2, 0.25) is 5.95 Å². The Kier molecular flexibility index (Phi) is 5.65. The molecule has 3 rings (SSSR count). The van der Waals surface area contributed by atoms with Crippen molar-refractivity contribution in [3.05, 3.63) is 42.0 Å². The highest BCUT2D eigenvalue weighted by atomic mass is 19.1. The molecule has 1 aliphatic rings. The molecule has 1 aromatic carbocycles. The molecule has 2 heterocycles. The van der Waals surface area contributed by atoms with Crippen LogP contribution in [-0.2, 0) is 4.79 Å². The molecule has 1 saturated heterocycles. The van der Waals surface area contributed by atoms with Gasteiger partial charge in [-0.05, 0) is 32.8 Å². The zero-order valence-corrected chi connectivity index (χ0v) is 16.8. The zero-order valence-electron chi connectivity index (χ0n) is 16.8. The van der Waals surface area contributed by atoms with E-state index in [0.29, 0.717) is 30.2 Å². The summed E-state index contributed by atoms with van der Waals surface area (Å²) < 4.78 is 14.5. The van der Waals surface area contributed by atoms with Crippen LogP contribution in [0.2, 0.25) is 0 Å². The SMILES string of the molecule is CN(C)c1ncc(-c2ccccc2F)c(C2CCCN(C(=O)C(C)(C)O)C2)n1. The van der Waals surface area contributed by atoms with Crippen molar-refractivity contribution in [1.82, 2.24) is 14.9 Å². The maximum Gasteiger partial charge on any atom is 0.253 e. The lowest BCUT2D eigenvalue weighted by Gasteiger charge is -2.36. The largest absolute Gasteiger partial charge is 0.381 e. The molecule has 1 aliphatic heterocycles. The van der Waals surface area contributed by atoms with E-state index in [1.54, 1.807) is 34.2 Å². The molecule has 0 spiro atoms. The van der Waals surface area contributed by atoms with Crippen molar-refractivity contribution in [2.75, 3.05) is 32.1 Å². The summed E-state index contributed by atoms with van der Waals surface area (Å²) in [4.78, 5) is 25.1. The smallest absolute Gasteiger partial charge is 0.253 e. The number of halogens is 1. The molecule has 0 saturated carbocycles. The molecule has 6 nitrogen and oxygen atoms in total. The molecule has 1 N–H and O–H groups in total. The normalized spacial score (nSPS) is 17.5. The molecule has 0 bridgehead atoms. The van der Waals surface area contributed by atoms with Crippen molar-refractivity contribution >= 4 is 11.9 Å². The Morgan fingerprint density at radius 2 is 2.00 bits per heavy atom. The van der Waals surface area contributed by atoms with Crippen LogP contribution >= 0.6 is 0 Å². The van der Waals surface area contributed by atoms with Gasteiger partial charge >= 0.3 is 0 Å². The van der Waals surface area contributed by atoms with Gasteiger partial charge in [0, 0.05) is 50.4 Å². The van der Waals surface area contributed by atoms with E-state index in [4.69, 9.17) is 4.98 Å². The molecular weight excluding hydrogens is 359 g/mol. The Balaban J connectivity index is 2.03. The fourth-order valence-electron chi connectivity index (χ4n) is 3.57. The number of nitrogens with zero attached hydrogens (tertiary/aromatic N) is 4. The molecule has 1 aromatic heterocycles. The predicted octanol–water partition coefficient (Wildman–Crippen LogP) is 2.83. The van der Waals surface area contributed by atoms with Gasteiger partial charge in [-0.3, -0.25) is 4.79 Å². The first-order chi connectivity index (χ1) is 13.2. The van der Waals surface area contributed by atoms with E-state index in [1.807, 2.05) is 14.1 Å². The topological polar surface area (TPSA) is 69.6 Å². The molecule has 28 heavy (non-hydrogen) atoms. The van der Waals surface area contributed by atoms with Crippen LogP contribution in [0.4, 0.5) is 10.3 Å². The van der Waals surface area contributed by atoms with Crippen LogP contribution in [-0.4, -0.2) is 58.7 Å². The minimum absolute atomic E-state index is 0.0589. The van der Waals surface area contributed by atoms with Gasteiger partial charge < -0.3 is 14.9 Å². The van der Waals surface area contributed by atoms with Crippen molar-refractivity contribution in [2.45, 2.75) is 38.2 Å². The Labute approximate surface area is 165 Å². The van der Waals surface area contributed by atoms with E-state index < -0.39 is 5.60 Å². The maximum absolute atomic E-state index is 14.5. The summed E-state index contributed by atoms with van der Waals surface area (Å²) in [6.07, 6.45) is 3.29. The first-order valence-electron chi connectivity index (χ1n) is 9.49. The van der Waals surface area contributed by atoms with Gasteiger partial charge in [0.15, 0.2) is 0 Å². The fraction of sp³-hybridized carbons (Fsp3) is 0.476. The number of rotatable bonds is 4. The lowest BCUT2D eigenvalue weighted by Crippen LogP contribution is -2.48. The van der Waals surface area contributed by atoms with Crippen LogP contribution in [0, 0.1) is 5.82 Å². The quantitative estimate of drug-likeness (QED) is 0.875. The van der Waals surface area contributed by atoms with Crippen molar-refractivity contribution < 1.29 is 14.3 Å². The second-order valence-electron chi connectivity index (χ2n) is 7.99. The Hall–Kier alpha value is -2.54. The van der Waals surface area contributed by atoms with E-state index in [0.717, 1.165) is 18.5 Å². The van der Waals surface area contributed by atoms with E-state index in [1.165, 1.54) is 19.9 Å². The maximum atomic E-state index is 14.5. The fourth-order valence-corrected chi connectivity index (χ4v) is 3.57. The third kappa shape index (κ3) is 4.14. The van der Waals surface area contributed by atoms with Crippen LogP contribution < -0.4 is 4.90 Å². The zero-order chi connectivity index (χ0) is 20.5. The molecular formula is C21H27FN4O2. The molecule has 0 aliphatic carbocycles. The Morgan fingerprint density at radius 3 is 2.64 bits per heavy atom. The van der Waals surface area contributed by atoms with Gasteiger partial charge in [-0.15, -0.1) is 0 Å². The lowest BCUT2D eigenvalue weighted by atomic mass is 9.89. The van der Waals surface area contributed by atoms with E-state index in [2.05, 4.69) is 4.98 Å². The summed E-state index contributed by atoms with van der Waals surface area (Å²) in [5.41, 5.74) is 0.411. The number of hydrogen-bond donors (Lipinski definition) is 1. The summed E-state index contributed by atoms with van der Waals surface area (Å²) in [5, 5.41) is 10.1. The Bertz CT molecular complexity index is 864. The summed E-state index contributed by atoms with van der Waals surface area (Å²) >= 11 is 0. The van der Waals surface area contributed by atoms with Crippen LogP contribution in [0.25, 0.3) is 11.1 Å². The Morgan fingerprint density at radius 1 is 1.29 bits per heavy atom. The van der Waals surface area contributed by atoms with Gasteiger partial charge in [-0.25, -0.2) is 14.4 Å². The van der Waals surface area contributed by atoms with Gasteiger partial charge in [-0.2, -0.15) is 0 Å². The molecule has 1 fully saturated rings. The highest BCUT2D eigenvalue weighted by Crippen LogP contribution is 2.35. The molecule has 2 aromatic rings. The second kappa shape index (κ2) is 7.83. The van der Waals surface area contributed by atoms with Gasteiger partial charge in [0.1, 0.15) is 11.4 Å². The third-order valence-electron chi connectivity index (χ3n) is 4.99. The minimum atomic E-state index is -1.42. The number of benzene rings is 1. The van der Waals surface area contributed by atoms with Crippen molar-refractivity contribution in [3.63, 3.8) is 0 Å². The predicted molar refractivity (Wildman–Crippen MR) is 107 cm³/mol. The van der Waals surface area contributed by atoms with Gasteiger partial charge in [0.25, 0.3) is 5.91 Å². The van der Waals surface area contributed by atoms with Crippen molar-refractivity contribution in [2.24, 2.45) is 0 Å². The highest BCUT2D eigenvalue weighted by Gasteiger charge is 2.34. The summed E-state index contributed by atoms with van der Waals surface area (Å²) in [6, 6.07) is 6.57. The monoisotopic (exact) mass is 386 g/mol. The third-order valence-corrected chi connectivity index (χ3v) is 4.99. The number of aliphatic hydroxyl groups is 1. The molecule has 0 radical (unpaired) electrons. The van der Waals surface area contributed by atoms with E-state index in [9.17, 15) is 14.3 Å². The first kappa shape index (κ1) is 20.2. The molecule has 1 amide bonds. The minimum Gasteiger partial charge on any atom is -0.381 e. The number of carbonyl (C=O) groups excluding carboxylic acids is 1. The highest BCUT2D eigenvalue weighted by molar-refractivity contribution is 5.84. The number of aromatic nitrogens is 2. The number of carbonyl (C=O) groups is 1. The van der Waals surface area contributed by atoms with E-state index >= 15 is 0 Å². The number of anilines is 1. The van der Waals surface area contributed by atoms with Gasteiger partial charge in [-0.1, -0.05) is 18.2 Å².